The molecule has 1 aromatic heterocycles. The third-order valence-corrected chi connectivity index (χ3v) is 5.94. The van der Waals surface area contributed by atoms with Gasteiger partial charge in [-0.05, 0) is 62.2 Å². The summed E-state index contributed by atoms with van der Waals surface area (Å²) in [5.74, 6) is -1.19. The van der Waals surface area contributed by atoms with Gasteiger partial charge in [-0.15, -0.1) is 10.2 Å². The van der Waals surface area contributed by atoms with Crippen LogP contribution in [-0.2, 0) is 11.3 Å². The fourth-order valence-electron chi connectivity index (χ4n) is 4.16. The van der Waals surface area contributed by atoms with Crippen molar-refractivity contribution in [3.63, 3.8) is 0 Å². The second-order valence-electron chi connectivity index (χ2n) is 10.1. The van der Waals surface area contributed by atoms with Crippen molar-refractivity contribution in [3.8, 4) is 5.75 Å². The lowest BCUT2D eigenvalue weighted by molar-refractivity contribution is 0.0477. The molecule has 202 valence electrons. The van der Waals surface area contributed by atoms with E-state index in [1.165, 1.54) is 35.4 Å². The molecule has 0 unspecified atom stereocenters. The summed E-state index contributed by atoms with van der Waals surface area (Å²) in [5, 5.41) is 14.1. The van der Waals surface area contributed by atoms with E-state index >= 15 is 0 Å². The van der Waals surface area contributed by atoms with Gasteiger partial charge in [0.05, 0.1) is 18.2 Å². The number of tetrazole rings is 1. The summed E-state index contributed by atoms with van der Waals surface area (Å²) in [4.78, 5) is 28.1. The summed E-state index contributed by atoms with van der Waals surface area (Å²) in [6.45, 7) is 6.24. The maximum Gasteiger partial charge on any atom is 0.408 e. The van der Waals surface area contributed by atoms with E-state index in [4.69, 9.17) is 9.47 Å². The molecule has 2 heterocycles. The van der Waals surface area contributed by atoms with Crippen LogP contribution in [0.5, 0.6) is 5.75 Å². The molecule has 0 saturated carbocycles. The Bertz CT molecular complexity index is 1250. The number of benzene rings is 2. The minimum Gasteiger partial charge on any atom is -0.491 e. The van der Waals surface area contributed by atoms with E-state index in [2.05, 4.69) is 20.7 Å². The van der Waals surface area contributed by atoms with E-state index in [-0.39, 0.29) is 36.2 Å². The summed E-state index contributed by atoms with van der Waals surface area (Å²) in [7, 11) is 0. The van der Waals surface area contributed by atoms with Crippen molar-refractivity contribution in [2.24, 2.45) is 0 Å². The van der Waals surface area contributed by atoms with Gasteiger partial charge in [-0.1, -0.05) is 12.1 Å². The molecule has 3 aromatic rings. The minimum atomic E-state index is -0.715. The second kappa shape index (κ2) is 11.5. The molecule has 0 aliphatic carbocycles. The van der Waals surface area contributed by atoms with Crippen molar-refractivity contribution in [3.05, 3.63) is 71.6 Å². The Kier molecular flexibility index (Phi) is 8.18. The summed E-state index contributed by atoms with van der Waals surface area (Å²) in [5.41, 5.74) is 0.190. The van der Waals surface area contributed by atoms with Crippen molar-refractivity contribution in [1.29, 1.82) is 0 Å². The molecule has 2 amide bonds. The number of hydrogen-bond acceptors (Lipinski definition) is 7. The van der Waals surface area contributed by atoms with E-state index in [1.807, 2.05) is 0 Å². The Morgan fingerprint density at radius 1 is 1.16 bits per heavy atom. The van der Waals surface area contributed by atoms with Crippen molar-refractivity contribution >= 4 is 12.0 Å². The fraction of sp³-hybridized carbons (Fsp3) is 0.423. The Balaban J connectivity index is 1.37. The van der Waals surface area contributed by atoms with Crippen LogP contribution in [0.3, 0.4) is 0 Å². The number of carbonyl (C=O) groups is 2. The monoisotopic (exact) mass is 528 g/mol. The van der Waals surface area contributed by atoms with E-state index in [0.717, 1.165) is 11.6 Å². The lowest BCUT2D eigenvalue weighted by Gasteiger charge is -2.23. The van der Waals surface area contributed by atoms with Crippen LogP contribution in [-0.4, -0.2) is 68.4 Å². The average Bonchev–Trinajstić information content (AvgIpc) is 3.54. The smallest absolute Gasteiger partial charge is 0.408 e. The number of ether oxygens (including phenoxy) is 2. The van der Waals surface area contributed by atoms with Crippen LogP contribution >= 0.6 is 0 Å². The Hall–Kier alpha value is -4.09. The first-order chi connectivity index (χ1) is 18.1. The number of nitrogens with zero attached hydrogens (tertiary/aromatic N) is 5. The quantitative estimate of drug-likeness (QED) is 0.476. The molecule has 1 aliphatic heterocycles. The number of likely N-dealkylation sites (tertiary alicyclic amines) is 1. The Morgan fingerprint density at radius 3 is 2.58 bits per heavy atom. The number of hydrogen-bond donors (Lipinski definition) is 1. The molecule has 2 aromatic carbocycles. The molecular weight excluding hydrogens is 498 g/mol. The zero-order chi connectivity index (χ0) is 27.3. The third kappa shape index (κ3) is 7.24. The summed E-state index contributed by atoms with van der Waals surface area (Å²) >= 11 is 0. The average molecular weight is 529 g/mol. The van der Waals surface area contributed by atoms with E-state index in [0.29, 0.717) is 19.5 Å². The first-order valence-corrected chi connectivity index (χ1v) is 12.2. The molecule has 38 heavy (non-hydrogen) atoms. The van der Waals surface area contributed by atoms with E-state index in [9.17, 15) is 18.4 Å². The highest BCUT2D eigenvalue weighted by Crippen LogP contribution is 2.29. The van der Waals surface area contributed by atoms with Gasteiger partial charge in [0.25, 0.3) is 5.91 Å². The van der Waals surface area contributed by atoms with E-state index < -0.39 is 29.5 Å². The van der Waals surface area contributed by atoms with Gasteiger partial charge in [0, 0.05) is 25.1 Å². The first-order valence-electron chi connectivity index (χ1n) is 12.2. The molecular formula is C26H30F2N6O4. The van der Waals surface area contributed by atoms with Crippen LogP contribution < -0.4 is 10.1 Å². The molecule has 1 N–H and O–H groups in total. The third-order valence-electron chi connectivity index (χ3n) is 5.94. The van der Waals surface area contributed by atoms with Gasteiger partial charge >= 0.3 is 6.09 Å². The summed E-state index contributed by atoms with van der Waals surface area (Å²) in [6.07, 6.45) is 1.33. The highest BCUT2D eigenvalue weighted by molar-refractivity contribution is 5.94. The lowest BCUT2D eigenvalue weighted by Crippen LogP contribution is -2.44. The van der Waals surface area contributed by atoms with Crippen LogP contribution in [0.15, 0.2) is 48.8 Å². The van der Waals surface area contributed by atoms with Gasteiger partial charge in [-0.25, -0.2) is 13.6 Å². The van der Waals surface area contributed by atoms with Crippen LogP contribution in [0.25, 0.3) is 0 Å². The number of nitrogens with one attached hydrogen (secondary N) is 1. The molecule has 1 fully saturated rings. The summed E-state index contributed by atoms with van der Waals surface area (Å²) in [6, 6.07) is 9.63. The normalized spacial score (nSPS) is 16.2. The van der Waals surface area contributed by atoms with Crippen LogP contribution in [0.1, 0.15) is 49.0 Å². The van der Waals surface area contributed by atoms with Gasteiger partial charge in [-0.3, -0.25) is 4.79 Å². The molecule has 1 saturated heterocycles. The molecule has 12 heteroatoms. The van der Waals surface area contributed by atoms with Crippen molar-refractivity contribution in [1.82, 2.24) is 30.4 Å². The topological polar surface area (TPSA) is 111 Å². The van der Waals surface area contributed by atoms with Crippen molar-refractivity contribution in [2.75, 3.05) is 19.7 Å². The fourth-order valence-corrected chi connectivity index (χ4v) is 4.16. The molecule has 2 atom stereocenters. The molecule has 4 rings (SSSR count). The number of alkyl carbamates (subject to hydrolysis) is 1. The number of rotatable bonds is 8. The van der Waals surface area contributed by atoms with Gasteiger partial charge < -0.3 is 19.7 Å². The maximum absolute atomic E-state index is 15.0. The van der Waals surface area contributed by atoms with Crippen LogP contribution in [0.4, 0.5) is 13.6 Å². The van der Waals surface area contributed by atoms with Gasteiger partial charge in [0.2, 0.25) is 0 Å². The molecule has 0 radical (unpaired) electrons. The highest BCUT2D eigenvalue weighted by atomic mass is 19.1. The Morgan fingerprint density at radius 2 is 1.92 bits per heavy atom. The van der Waals surface area contributed by atoms with Gasteiger partial charge in [-0.2, -0.15) is 4.80 Å². The molecule has 1 aliphatic rings. The van der Waals surface area contributed by atoms with Gasteiger partial charge in [0.1, 0.15) is 29.6 Å². The largest absolute Gasteiger partial charge is 0.491 e. The van der Waals surface area contributed by atoms with E-state index in [1.54, 1.807) is 37.8 Å². The minimum absolute atomic E-state index is 0.0427. The second-order valence-corrected chi connectivity index (χ2v) is 10.1. The highest BCUT2D eigenvalue weighted by Gasteiger charge is 2.29. The van der Waals surface area contributed by atoms with Crippen LogP contribution in [0.2, 0.25) is 0 Å². The van der Waals surface area contributed by atoms with Crippen LogP contribution in [0, 0.1) is 11.6 Å². The standard InChI is InChI=1S/C26H30F2N6O4/c1-26(2,3)38-25(36)31-20(14-34-30-16-29-32-34)15-37-21-8-9-22(23(28)12-21)24(35)33-11-10-18(13-33)17-4-6-19(27)7-5-17/h4-9,12,16,18,20H,10-11,13-15H2,1-3H3,(H,31,36)/t18-,20+/m0/s1. The molecule has 10 nitrogen and oxygen atoms in total. The lowest BCUT2D eigenvalue weighted by atomic mass is 9.98. The first kappa shape index (κ1) is 27.0. The molecule has 0 bridgehead atoms. The number of amides is 2. The molecule has 0 spiro atoms. The van der Waals surface area contributed by atoms with Crippen molar-refractivity contribution < 1.29 is 27.8 Å². The zero-order valence-corrected chi connectivity index (χ0v) is 21.4. The number of carbonyl (C=O) groups excluding carboxylic acids is 2. The predicted molar refractivity (Wildman–Crippen MR) is 133 cm³/mol. The van der Waals surface area contributed by atoms with Crippen molar-refractivity contribution in [2.45, 2.75) is 51.3 Å². The SMILES string of the molecule is CC(C)(C)OC(=O)N[C@@H](COc1ccc(C(=O)N2CC[C@H](c3ccc(F)cc3)C2)c(F)c1)Cn1ncnn1. The maximum atomic E-state index is 15.0. The zero-order valence-electron chi connectivity index (χ0n) is 21.4. The predicted octanol–water partition coefficient (Wildman–Crippen LogP) is 3.55. The number of halogens is 2. The van der Waals surface area contributed by atoms with Gasteiger partial charge in [0.15, 0.2) is 6.33 Å². The number of aromatic nitrogens is 4. The summed E-state index contributed by atoms with van der Waals surface area (Å²) < 4.78 is 39.2. The Labute approximate surface area is 218 Å².